The number of carbonyl (C=O) groups is 2. The number of esters is 1. The van der Waals surface area contributed by atoms with E-state index in [4.69, 9.17) is 9.47 Å². The minimum absolute atomic E-state index is 0.00897. The number of halogens is 1. The molecule has 1 unspecified atom stereocenters. The Morgan fingerprint density at radius 1 is 1.29 bits per heavy atom. The van der Waals surface area contributed by atoms with E-state index in [1.165, 1.54) is 6.07 Å². The molecule has 2 rings (SSSR count). The highest BCUT2D eigenvalue weighted by Crippen LogP contribution is 2.34. The van der Waals surface area contributed by atoms with E-state index in [2.05, 4.69) is 5.32 Å². The van der Waals surface area contributed by atoms with E-state index in [9.17, 15) is 14.0 Å². The Balaban J connectivity index is 2.17. The fourth-order valence-electron chi connectivity index (χ4n) is 2.71. The first kappa shape index (κ1) is 18.1. The highest BCUT2D eigenvalue weighted by molar-refractivity contribution is 5.95. The molecule has 0 spiro atoms. The number of nitrogens with one attached hydrogen (secondary N) is 1. The van der Waals surface area contributed by atoms with Gasteiger partial charge in [0.15, 0.2) is 0 Å². The van der Waals surface area contributed by atoms with Crippen LogP contribution in [0.3, 0.4) is 0 Å². The molecule has 1 aromatic carbocycles. The van der Waals surface area contributed by atoms with E-state index >= 15 is 0 Å². The summed E-state index contributed by atoms with van der Waals surface area (Å²) in [6, 6.07) is 6.16. The van der Waals surface area contributed by atoms with Crippen molar-refractivity contribution in [3.8, 4) is 0 Å². The van der Waals surface area contributed by atoms with Crippen LogP contribution in [-0.2, 0) is 19.1 Å². The maximum absolute atomic E-state index is 14.1. The lowest BCUT2D eigenvalue weighted by Crippen LogP contribution is -2.34. The van der Waals surface area contributed by atoms with Gasteiger partial charge in [-0.15, -0.1) is 0 Å². The SMILES string of the molecule is CCCOCCOC(=O)C1=C(C)NC(=O)CC1c1ccccc1F. The molecule has 24 heavy (non-hydrogen) atoms. The lowest BCUT2D eigenvalue weighted by Gasteiger charge is -2.26. The van der Waals surface area contributed by atoms with Crippen molar-refractivity contribution in [2.45, 2.75) is 32.6 Å². The summed E-state index contributed by atoms with van der Waals surface area (Å²) in [6.07, 6.45) is 0.897. The molecule has 0 fully saturated rings. The molecule has 1 N–H and O–H groups in total. The fourth-order valence-corrected chi connectivity index (χ4v) is 2.71. The molecule has 1 heterocycles. The number of ether oxygens (including phenoxy) is 2. The van der Waals surface area contributed by atoms with Gasteiger partial charge in [-0.1, -0.05) is 25.1 Å². The lowest BCUT2D eigenvalue weighted by molar-refractivity contribution is -0.141. The van der Waals surface area contributed by atoms with E-state index in [0.29, 0.717) is 24.5 Å². The van der Waals surface area contributed by atoms with Gasteiger partial charge in [-0.05, 0) is 25.0 Å². The highest BCUT2D eigenvalue weighted by Gasteiger charge is 2.34. The van der Waals surface area contributed by atoms with E-state index in [1.807, 2.05) is 6.92 Å². The summed E-state index contributed by atoms with van der Waals surface area (Å²) in [5.74, 6) is -1.89. The lowest BCUT2D eigenvalue weighted by atomic mass is 9.84. The first-order valence-corrected chi connectivity index (χ1v) is 8.04. The van der Waals surface area contributed by atoms with Gasteiger partial charge in [0.25, 0.3) is 0 Å². The van der Waals surface area contributed by atoms with Crippen molar-refractivity contribution in [1.29, 1.82) is 0 Å². The van der Waals surface area contributed by atoms with Gasteiger partial charge < -0.3 is 14.8 Å². The number of benzene rings is 1. The van der Waals surface area contributed by atoms with Crippen molar-refractivity contribution < 1.29 is 23.5 Å². The molecule has 1 aliphatic heterocycles. The largest absolute Gasteiger partial charge is 0.460 e. The van der Waals surface area contributed by atoms with Gasteiger partial charge >= 0.3 is 5.97 Å². The van der Waals surface area contributed by atoms with Gasteiger partial charge in [0, 0.05) is 24.6 Å². The zero-order valence-electron chi connectivity index (χ0n) is 13.9. The predicted molar refractivity (Wildman–Crippen MR) is 86.7 cm³/mol. The number of allylic oxidation sites excluding steroid dienone is 1. The van der Waals surface area contributed by atoms with Gasteiger partial charge in [0.1, 0.15) is 12.4 Å². The van der Waals surface area contributed by atoms with Crippen LogP contribution in [-0.4, -0.2) is 31.7 Å². The van der Waals surface area contributed by atoms with Crippen molar-refractivity contribution in [3.05, 3.63) is 46.9 Å². The minimum Gasteiger partial charge on any atom is -0.460 e. The first-order chi connectivity index (χ1) is 11.5. The normalized spacial score (nSPS) is 17.6. The van der Waals surface area contributed by atoms with Gasteiger partial charge in [-0.3, -0.25) is 4.79 Å². The quantitative estimate of drug-likeness (QED) is 0.615. The van der Waals surface area contributed by atoms with Crippen LogP contribution in [0.1, 0.15) is 38.2 Å². The van der Waals surface area contributed by atoms with E-state index in [1.54, 1.807) is 25.1 Å². The van der Waals surface area contributed by atoms with E-state index in [-0.39, 0.29) is 24.5 Å². The molecule has 0 aliphatic carbocycles. The van der Waals surface area contributed by atoms with Crippen LogP contribution in [0.4, 0.5) is 4.39 Å². The summed E-state index contributed by atoms with van der Waals surface area (Å²) < 4.78 is 24.6. The zero-order chi connectivity index (χ0) is 17.5. The summed E-state index contributed by atoms with van der Waals surface area (Å²) in [7, 11) is 0. The molecular formula is C18H22FNO4. The molecular weight excluding hydrogens is 313 g/mol. The van der Waals surface area contributed by atoms with Crippen LogP contribution in [0.25, 0.3) is 0 Å². The topological polar surface area (TPSA) is 64.6 Å². The second-order valence-electron chi connectivity index (χ2n) is 5.61. The van der Waals surface area contributed by atoms with Crippen molar-refractivity contribution in [2.75, 3.05) is 19.8 Å². The van der Waals surface area contributed by atoms with Crippen LogP contribution < -0.4 is 5.32 Å². The Labute approximate surface area is 140 Å². The van der Waals surface area contributed by atoms with Crippen molar-refractivity contribution in [2.24, 2.45) is 0 Å². The molecule has 0 aromatic heterocycles. The maximum atomic E-state index is 14.1. The fraction of sp³-hybridized carbons (Fsp3) is 0.444. The number of amides is 1. The minimum atomic E-state index is -0.649. The third-order valence-electron chi connectivity index (χ3n) is 3.78. The van der Waals surface area contributed by atoms with E-state index in [0.717, 1.165) is 6.42 Å². The Hall–Kier alpha value is -2.21. The molecule has 0 saturated carbocycles. The van der Waals surface area contributed by atoms with Crippen molar-refractivity contribution in [1.82, 2.24) is 5.32 Å². The molecule has 5 nitrogen and oxygen atoms in total. The molecule has 6 heteroatoms. The second kappa shape index (κ2) is 8.59. The summed E-state index contributed by atoms with van der Waals surface area (Å²) in [4.78, 5) is 24.3. The average Bonchev–Trinajstić information content (AvgIpc) is 2.54. The van der Waals surface area contributed by atoms with Crippen LogP contribution >= 0.6 is 0 Å². The van der Waals surface area contributed by atoms with Crippen molar-refractivity contribution in [3.63, 3.8) is 0 Å². The number of rotatable bonds is 7. The molecule has 0 bridgehead atoms. The van der Waals surface area contributed by atoms with Crippen molar-refractivity contribution >= 4 is 11.9 Å². The molecule has 1 amide bonds. The smallest absolute Gasteiger partial charge is 0.336 e. The monoisotopic (exact) mass is 335 g/mol. The Kier molecular flexibility index (Phi) is 6.49. The molecule has 1 atom stereocenters. The summed E-state index contributed by atoms with van der Waals surface area (Å²) in [5, 5.41) is 2.63. The van der Waals surface area contributed by atoms with Crippen LogP contribution in [0.2, 0.25) is 0 Å². The highest BCUT2D eigenvalue weighted by atomic mass is 19.1. The zero-order valence-corrected chi connectivity index (χ0v) is 13.9. The van der Waals surface area contributed by atoms with Crippen LogP contribution in [0, 0.1) is 5.82 Å². The maximum Gasteiger partial charge on any atom is 0.336 e. The Morgan fingerprint density at radius 2 is 2.04 bits per heavy atom. The number of hydrogen-bond acceptors (Lipinski definition) is 4. The second-order valence-corrected chi connectivity index (χ2v) is 5.61. The van der Waals surface area contributed by atoms with Gasteiger partial charge in [0.2, 0.25) is 5.91 Å². The molecule has 1 aromatic rings. The van der Waals surface area contributed by atoms with E-state index < -0.39 is 17.7 Å². The van der Waals surface area contributed by atoms with Gasteiger partial charge in [0.05, 0.1) is 12.2 Å². The Morgan fingerprint density at radius 3 is 2.75 bits per heavy atom. The average molecular weight is 335 g/mol. The summed E-state index contributed by atoms with van der Waals surface area (Å²) in [6.45, 7) is 4.64. The third kappa shape index (κ3) is 4.41. The number of hydrogen-bond donors (Lipinski definition) is 1. The van der Waals surface area contributed by atoms with Gasteiger partial charge in [-0.2, -0.15) is 0 Å². The molecule has 130 valence electrons. The Bertz CT molecular complexity index is 642. The van der Waals surface area contributed by atoms with Crippen LogP contribution in [0.15, 0.2) is 35.5 Å². The molecule has 0 saturated heterocycles. The summed E-state index contributed by atoms with van der Waals surface area (Å²) >= 11 is 0. The standard InChI is InChI=1S/C18H22FNO4/c1-3-8-23-9-10-24-18(22)17-12(2)20-16(21)11-14(17)13-6-4-5-7-15(13)19/h4-7,14H,3,8-11H2,1-2H3,(H,20,21). The predicted octanol–water partition coefficient (Wildman–Crippen LogP) is 2.67. The molecule has 1 aliphatic rings. The van der Waals surface area contributed by atoms with Crippen LogP contribution in [0.5, 0.6) is 0 Å². The molecule has 0 radical (unpaired) electrons. The number of carbonyl (C=O) groups excluding carboxylic acids is 2. The summed E-state index contributed by atoms with van der Waals surface area (Å²) in [5.41, 5.74) is 1.01. The third-order valence-corrected chi connectivity index (χ3v) is 3.78. The first-order valence-electron chi connectivity index (χ1n) is 8.04. The van der Waals surface area contributed by atoms with Gasteiger partial charge in [-0.25, -0.2) is 9.18 Å².